The topological polar surface area (TPSA) is 91.6 Å². The number of hydrogen-bond acceptors (Lipinski definition) is 3. The molecule has 70 valence electrons. The van der Waals surface area contributed by atoms with Crippen LogP contribution in [0.2, 0.25) is 0 Å². The lowest BCUT2D eigenvalue weighted by atomic mass is 10.1. The van der Waals surface area contributed by atoms with Crippen molar-refractivity contribution in [3.63, 3.8) is 0 Å². The Labute approximate surface area is 77.5 Å². The first-order valence-corrected chi connectivity index (χ1v) is 4.16. The molecule has 1 aromatic heterocycles. The van der Waals surface area contributed by atoms with Gasteiger partial charge in [0.05, 0.1) is 6.04 Å². The molecule has 0 radical (unpaired) electrons. The largest absolute Gasteiger partial charge is 0.348 e. The highest BCUT2D eigenvalue weighted by Gasteiger charge is 2.14. The van der Waals surface area contributed by atoms with Crippen molar-refractivity contribution in [2.45, 2.75) is 19.9 Å². The van der Waals surface area contributed by atoms with Crippen molar-refractivity contribution >= 4 is 0 Å². The Morgan fingerprint density at radius 3 is 2.46 bits per heavy atom. The summed E-state index contributed by atoms with van der Waals surface area (Å²) in [6.07, 6.45) is 0. The molecule has 0 aliphatic heterocycles. The van der Waals surface area contributed by atoms with Crippen LogP contribution >= 0.6 is 0 Å². The summed E-state index contributed by atoms with van der Waals surface area (Å²) >= 11 is 0. The zero-order chi connectivity index (χ0) is 10.0. The second-order valence-electron chi connectivity index (χ2n) is 3.12. The normalized spacial score (nSPS) is 12.5. The van der Waals surface area contributed by atoms with E-state index in [1.165, 1.54) is 0 Å². The van der Waals surface area contributed by atoms with Crippen LogP contribution in [0.3, 0.4) is 0 Å². The van der Waals surface area contributed by atoms with Crippen LogP contribution in [-0.4, -0.2) is 11.5 Å². The molecule has 4 nitrogen and oxygen atoms in total. The maximum Gasteiger partial charge on any atom is 0.121 e. The second kappa shape index (κ2) is 3.60. The van der Waals surface area contributed by atoms with Gasteiger partial charge in [0.2, 0.25) is 0 Å². The first-order chi connectivity index (χ1) is 6.11. The van der Waals surface area contributed by atoms with Gasteiger partial charge in [-0.3, -0.25) is 0 Å². The van der Waals surface area contributed by atoms with Gasteiger partial charge in [-0.25, -0.2) is 0 Å². The number of nitriles is 1. The van der Waals surface area contributed by atoms with Crippen molar-refractivity contribution in [2.24, 2.45) is 11.5 Å². The third-order valence-electron chi connectivity index (χ3n) is 2.34. The molecule has 0 saturated heterocycles. The molecule has 4 heteroatoms. The van der Waals surface area contributed by atoms with Crippen LogP contribution in [0.15, 0.2) is 0 Å². The molecular formula is C9H14N4. The number of H-pyrrole nitrogens is 1. The molecule has 5 N–H and O–H groups in total. The highest BCUT2D eigenvalue weighted by Crippen LogP contribution is 2.20. The van der Waals surface area contributed by atoms with Crippen LogP contribution in [0.4, 0.5) is 0 Å². The summed E-state index contributed by atoms with van der Waals surface area (Å²) in [5.41, 5.74) is 14.7. The molecule has 0 aromatic carbocycles. The summed E-state index contributed by atoms with van der Waals surface area (Å²) in [5.74, 6) is 0. The maximum absolute atomic E-state index is 8.76. The minimum Gasteiger partial charge on any atom is -0.348 e. The first kappa shape index (κ1) is 9.78. The van der Waals surface area contributed by atoms with Crippen molar-refractivity contribution in [3.8, 4) is 6.07 Å². The number of aromatic amines is 1. The van der Waals surface area contributed by atoms with E-state index in [9.17, 15) is 0 Å². The summed E-state index contributed by atoms with van der Waals surface area (Å²) in [6, 6.07) is 1.88. The molecule has 1 rings (SSSR count). The zero-order valence-electron chi connectivity index (χ0n) is 7.89. The zero-order valence-corrected chi connectivity index (χ0v) is 7.89. The SMILES string of the molecule is Cc1c(C#N)[nH]c([C@H](N)CN)c1C. The van der Waals surface area contributed by atoms with Crippen LogP contribution in [0, 0.1) is 25.2 Å². The van der Waals surface area contributed by atoms with Gasteiger partial charge >= 0.3 is 0 Å². The van der Waals surface area contributed by atoms with Gasteiger partial charge in [-0.2, -0.15) is 5.26 Å². The van der Waals surface area contributed by atoms with E-state index in [4.69, 9.17) is 16.7 Å². The van der Waals surface area contributed by atoms with Crippen LogP contribution in [0.1, 0.15) is 28.6 Å². The average molecular weight is 178 g/mol. The summed E-state index contributed by atoms with van der Waals surface area (Å²) in [7, 11) is 0. The number of nitrogens with two attached hydrogens (primary N) is 2. The number of nitrogens with zero attached hydrogens (tertiary/aromatic N) is 1. The predicted octanol–water partition coefficient (Wildman–Crippen LogP) is 0.462. The lowest BCUT2D eigenvalue weighted by molar-refractivity contribution is 0.710. The number of rotatable bonds is 2. The van der Waals surface area contributed by atoms with Crippen LogP contribution in [0.25, 0.3) is 0 Å². The lowest BCUT2D eigenvalue weighted by Crippen LogP contribution is -2.21. The van der Waals surface area contributed by atoms with Gasteiger partial charge < -0.3 is 16.5 Å². The highest BCUT2D eigenvalue weighted by molar-refractivity contribution is 5.42. The monoisotopic (exact) mass is 178 g/mol. The molecule has 1 heterocycles. The second-order valence-corrected chi connectivity index (χ2v) is 3.12. The van der Waals surface area contributed by atoms with Gasteiger partial charge in [0.25, 0.3) is 0 Å². The van der Waals surface area contributed by atoms with Crippen LogP contribution in [0.5, 0.6) is 0 Å². The fourth-order valence-corrected chi connectivity index (χ4v) is 1.31. The number of hydrogen-bond donors (Lipinski definition) is 3. The molecule has 0 aliphatic rings. The van der Waals surface area contributed by atoms with E-state index in [0.717, 1.165) is 16.8 Å². The molecule has 0 fully saturated rings. The molecule has 0 bridgehead atoms. The van der Waals surface area contributed by atoms with Crippen molar-refractivity contribution < 1.29 is 0 Å². The van der Waals surface area contributed by atoms with Gasteiger partial charge in [0.1, 0.15) is 11.8 Å². The van der Waals surface area contributed by atoms with Crippen molar-refractivity contribution in [1.29, 1.82) is 5.26 Å². The molecule has 0 unspecified atom stereocenters. The van der Waals surface area contributed by atoms with Gasteiger partial charge in [0.15, 0.2) is 0 Å². The van der Waals surface area contributed by atoms with E-state index in [1.807, 2.05) is 13.8 Å². The fourth-order valence-electron chi connectivity index (χ4n) is 1.31. The van der Waals surface area contributed by atoms with Crippen LogP contribution in [-0.2, 0) is 0 Å². The molecule has 0 amide bonds. The Bertz CT molecular complexity index is 345. The lowest BCUT2D eigenvalue weighted by Gasteiger charge is -2.07. The Balaban J connectivity index is 3.18. The Kier molecular flexibility index (Phi) is 2.71. The van der Waals surface area contributed by atoms with E-state index < -0.39 is 0 Å². The average Bonchev–Trinajstić information content (AvgIpc) is 2.43. The van der Waals surface area contributed by atoms with Crippen molar-refractivity contribution in [3.05, 3.63) is 22.5 Å². The molecule has 1 atom stereocenters. The van der Waals surface area contributed by atoms with E-state index in [2.05, 4.69) is 11.1 Å². The summed E-state index contributed by atoms with van der Waals surface area (Å²) in [5, 5.41) is 8.76. The van der Waals surface area contributed by atoms with E-state index in [1.54, 1.807) is 0 Å². The Morgan fingerprint density at radius 2 is 2.08 bits per heavy atom. The minimum atomic E-state index is -0.208. The molecule has 0 aliphatic carbocycles. The Morgan fingerprint density at radius 1 is 1.46 bits per heavy atom. The third kappa shape index (κ3) is 1.57. The van der Waals surface area contributed by atoms with E-state index >= 15 is 0 Å². The smallest absolute Gasteiger partial charge is 0.121 e. The highest BCUT2D eigenvalue weighted by atomic mass is 14.8. The summed E-state index contributed by atoms with van der Waals surface area (Å²) in [6.45, 7) is 4.22. The molecule has 1 aromatic rings. The molecule has 0 saturated carbocycles. The Hall–Kier alpha value is -1.31. The quantitative estimate of drug-likeness (QED) is 0.614. The minimum absolute atomic E-state index is 0.208. The summed E-state index contributed by atoms with van der Waals surface area (Å²) in [4.78, 5) is 2.98. The van der Waals surface area contributed by atoms with Gasteiger partial charge in [0, 0.05) is 12.2 Å². The number of nitrogens with one attached hydrogen (secondary N) is 1. The van der Waals surface area contributed by atoms with E-state index in [0.29, 0.717) is 12.2 Å². The van der Waals surface area contributed by atoms with Gasteiger partial charge in [-0.15, -0.1) is 0 Å². The van der Waals surface area contributed by atoms with Crippen molar-refractivity contribution in [2.75, 3.05) is 6.54 Å². The standard InChI is InChI=1S/C9H14N4/c1-5-6(2)9(7(12)3-10)13-8(5)4-11/h7,13H,3,10,12H2,1-2H3/t7-/m1/s1. The van der Waals surface area contributed by atoms with Crippen LogP contribution < -0.4 is 11.5 Å². The van der Waals surface area contributed by atoms with Gasteiger partial charge in [-0.05, 0) is 25.0 Å². The molecule has 0 spiro atoms. The molecule has 13 heavy (non-hydrogen) atoms. The third-order valence-corrected chi connectivity index (χ3v) is 2.34. The molecular weight excluding hydrogens is 164 g/mol. The summed E-state index contributed by atoms with van der Waals surface area (Å²) < 4.78 is 0. The first-order valence-electron chi connectivity index (χ1n) is 4.16. The maximum atomic E-state index is 8.76. The fraction of sp³-hybridized carbons (Fsp3) is 0.444. The van der Waals surface area contributed by atoms with Crippen molar-refractivity contribution in [1.82, 2.24) is 4.98 Å². The predicted molar refractivity (Wildman–Crippen MR) is 51.0 cm³/mol. The van der Waals surface area contributed by atoms with E-state index in [-0.39, 0.29) is 6.04 Å². The number of aromatic nitrogens is 1. The van der Waals surface area contributed by atoms with Gasteiger partial charge in [-0.1, -0.05) is 0 Å².